The predicted octanol–water partition coefficient (Wildman–Crippen LogP) is 11.9. The Morgan fingerprint density at radius 3 is 1.75 bits per heavy atom. The van der Waals surface area contributed by atoms with Gasteiger partial charge in [0.25, 0.3) is 0 Å². The lowest BCUT2D eigenvalue weighted by Crippen LogP contribution is -2.10. The van der Waals surface area contributed by atoms with Crippen molar-refractivity contribution in [2.75, 3.05) is 4.90 Å². The molecule has 0 saturated carbocycles. The van der Waals surface area contributed by atoms with E-state index >= 15 is 0 Å². The summed E-state index contributed by atoms with van der Waals surface area (Å²) < 4.78 is 0. The molecule has 0 atom stereocenters. The molecule has 0 saturated heterocycles. The van der Waals surface area contributed by atoms with E-state index in [1.807, 2.05) is 0 Å². The van der Waals surface area contributed by atoms with Crippen molar-refractivity contribution in [1.29, 1.82) is 0 Å². The van der Waals surface area contributed by atoms with Gasteiger partial charge in [-0.05, 0) is 70.1 Å². The largest absolute Gasteiger partial charge is 0.354 e. The topological polar surface area (TPSA) is 19.0 Å². The number of nitrogens with one attached hydrogen (secondary N) is 1. The fourth-order valence-corrected chi connectivity index (χ4v) is 5.96. The second-order valence-corrected chi connectivity index (χ2v) is 12.4. The molecule has 7 aromatic rings. The highest BCUT2D eigenvalue weighted by molar-refractivity contribution is 6.13. The average molecular weight is 569 g/mol. The first-order chi connectivity index (χ1) is 21.4. The van der Waals surface area contributed by atoms with E-state index in [-0.39, 0.29) is 5.41 Å². The molecular weight excluding hydrogens is 532 g/mol. The van der Waals surface area contributed by atoms with E-state index < -0.39 is 0 Å². The van der Waals surface area contributed by atoms with Gasteiger partial charge in [-0.1, -0.05) is 136 Å². The SMILES string of the molecule is CC(C)(C)c1ccc(C=Cc2ccc(N(c3ccccc3)c3cc(-c4ccccc4)c4[nH]c5ccccc5c4c3)cc2)cc1. The Morgan fingerprint density at radius 2 is 1.09 bits per heavy atom. The van der Waals surface area contributed by atoms with Crippen molar-refractivity contribution < 1.29 is 0 Å². The normalized spacial score (nSPS) is 11.9. The van der Waals surface area contributed by atoms with Gasteiger partial charge in [0.15, 0.2) is 0 Å². The summed E-state index contributed by atoms with van der Waals surface area (Å²) in [4.78, 5) is 6.06. The molecule has 0 radical (unpaired) electrons. The molecule has 0 aliphatic rings. The van der Waals surface area contributed by atoms with Crippen molar-refractivity contribution in [1.82, 2.24) is 4.98 Å². The summed E-state index contributed by atoms with van der Waals surface area (Å²) in [6.45, 7) is 6.75. The summed E-state index contributed by atoms with van der Waals surface area (Å²) in [5.41, 5.74) is 11.9. The molecule has 2 heteroatoms. The number of para-hydroxylation sites is 2. The van der Waals surface area contributed by atoms with E-state index in [9.17, 15) is 0 Å². The summed E-state index contributed by atoms with van der Waals surface area (Å²) in [5.74, 6) is 0. The first-order valence-corrected chi connectivity index (χ1v) is 15.3. The van der Waals surface area contributed by atoms with E-state index in [0.29, 0.717) is 0 Å². The predicted molar refractivity (Wildman–Crippen MR) is 190 cm³/mol. The molecule has 214 valence electrons. The molecule has 2 nitrogen and oxygen atoms in total. The van der Waals surface area contributed by atoms with Crippen molar-refractivity contribution in [2.45, 2.75) is 26.2 Å². The van der Waals surface area contributed by atoms with Gasteiger partial charge >= 0.3 is 0 Å². The number of fused-ring (bicyclic) bond motifs is 3. The minimum absolute atomic E-state index is 0.156. The van der Waals surface area contributed by atoms with Crippen LogP contribution in [0.4, 0.5) is 17.1 Å². The third-order valence-corrected chi connectivity index (χ3v) is 8.35. The number of aromatic amines is 1. The van der Waals surface area contributed by atoms with Gasteiger partial charge in [-0.25, -0.2) is 0 Å². The van der Waals surface area contributed by atoms with Gasteiger partial charge in [0, 0.05) is 38.9 Å². The molecule has 44 heavy (non-hydrogen) atoms. The van der Waals surface area contributed by atoms with Crippen LogP contribution in [0.2, 0.25) is 0 Å². The number of hydrogen-bond donors (Lipinski definition) is 1. The smallest absolute Gasteiger partial charge is 0.0546 e. The molecule has 1 heterocycles. The first-order valence-electron chi connectivity index (χ1n) is 15.3. The van der Waals surface area contributed by atoms with Crippen LogP contribution in [0, 0.1) is 0 Å². The van der Waals surface area contributed by atoms with Crippen LogP contribution in [-0.4, -0.2) is 4.98 Å². The van der Waals surface area contributed by atoms with Crippen LogP contribution >= 0.6 is 0 Å². The van der Waals surface area contributed by atoms with Crippen molar-refractivity contribution in [3.8, 4) is 11.1 Å². The van der Waals surface area contributed by atoms with Gasteiger partial charge < -0.3 is 9.88 Å². The molecule has 0 bridgehead atoms. The van der Waals surface area contributed by atoms with Crippen LogP contribution in [0.5, 0.6) is 0 Å². The van der Waals surface area contributed by atoms with E-state index in [4.69, 9.17) is 0 Å². The summed E-state index contributed by atoms with van der Waals surface area (Å²) in [6.07, 6.45) is 4.38. The van der Waals surface area contributed by atoms with Gasteiger partial charge in [0.2, 0.25) is 0 Å². The molecule has 0 aliphatic carbocycles. The summed E-state index contributed by atoms with van der Waals surface area (Å²) >= 11 is 0. The molecule has 6 aromatic carbocycles. The maximum Gasteiger partial charge on any atom is 0.0546 e. The Kier molecular flexibility index (Phi) is 7.12. The van der Waals surface area contributed by atoms with Crippen LogP contribution in [0.25, 0.3) is 45.1 Å². The summed E-state index contributed by atoms with van der Waals surface area (Å²) in [7, 11) is 0. The second kappa shape index (κ2) is 11.4. The van der Waals surface area contributed by atoms with Crippen molar-refractivity contribution in [2.24, 2.45) is 0 Å². The molecule has 7 rings (SSSR count). The molecule has 0 aliphatic heterocycles. The minimum Gasteiger partial charge on any atom is -0.354 e. The lowest BCUT2D eigenvalue weighted by Gasteiger charge is -2.26. The summed E-state index contributed by atoms with van der Waals surface area (Å²) in [6, 6.07) is 52.2. The molecule has 1 N–H and O–H groups in total. The number of aromatic nitrogens is 1. The fourth-order valence-electron chi connectivity index (χ4n) is 5.96. The molecular formula is C42H36N2. The van der Waals surface area contributed by atoms with E-state index in [0.717, 1.165) is 28.1 Å². The van der Waals surface area contributed by atoms with Gasteiger partial charge in [0.1, 0.15) is 0 Å². The quantitative estimate of drug-likeness (QED) is 0.198. The maximum atomic E-state index is 3.71. The van der Waals surface area contributed by atoms with Crippen LogP contribution in [0.15, 0.2) is 146 Å². The monoisotopic (exact) mass is 568 g/mol. The van der Waals surface area contributed by atoms with Crippen molar-refractivity contribution >= 4 is 51.0 Å². The van der Waals surface area contributed by atoms with Crippen molar-refractivity contribution in [3.05, 3.63) is 162 Å². The zero-order valence-corrected chi connectivity index (χ0v) is 25.5. The van der Waals surface area contributed by atoms with Gasteiger partial charge in [-0.3, -0.25) is 0 Å². The number of hydrogen-bond acceptors (Lipinski definition) is 1. The van der Waals surface area contributed by atoms with Crippen LogP contribution in [0.3, 0.4) is 0 Å². The van der Waals surface area contributed by atoms with E-state index in [1.165, 1.54) is 38.6 Å². The highest BCUT2D eigenvalue weighted by Gasteiger charge is 2.18. The van der Waals surface area contributed by atoms with Gasteiger partial charge in [-0.2, -0.15) is 0 Å². The van der Waals surface area contributed by atoms with Gasteiger partial charge in [-0.15, -0.1) is 0 Å². The Balaban J connectivity index is 1.31. The highest BCUT2D eigenvalue weighted by atomic mass is 15.1. The van der Waals surface area contributed by atoms with E-state index in [2.05, 4.69) is 188 Å². The average Bonchev–Trinajstić information content (AvgIpc) is 3.44. The zero-order valence-electron chi connectivity index (χ0n) is 25.5. The van der Waals surface area contributed by atoms with Crippen LogP contribution < -0.4 is 4.90 Å². The number of rotatable bonds is 6. The zero-order chi connectivity index (χ0) is 30.1. The second-order valence-electron chi connectivity index (χ2n) is 12.4. The molecule has 0 amide bonds. The standard InChI is InChI=1S/C42H36N2/c1-42(2,3)33-24-20-30(21-25-33)18-19-31-22-26-35(27-23-31)44(34-14-8-5-9-15-34)36-28-38(32-12-6-4-7-13-32)41-39(29-36)37-16-10-11-17-40(37)43-41/h4-29,43H,1-3H3. The minimum atomic E-state index is 0.156. The Morgan fingerprint density at radius 1 is 0.523 bits per heavy atom. The number of H-pyrrole nitrogens is 1. The van der Waals surface area contributed by atoms with Crippen molar-refractivity contribution in [3.63, 3.8) is 0 Å². The third-order valence-electron chi connectivity index (χ3n) is 8.35. The van der Waals surface area contributed by atoms with E-state index in [1.54, 1.807) is 0 Å². The maximum absolute atomic E-state index is 3.71. The van der Waals surface area contributed by atoms with Crippen LogP contribution in [-0.2, 0) is 5.41 Å². The Labute approximate surface area is 259 Å². The summed E-state index contributed by atoms with van der Waals surface area (Å²) in [5, 5.41) is 2.44. The molecule has 0 fully saturated rings. The number of anilines is 3. The first kappa shape index (κ1) is 27.5. The molecule has 0 spiro atoms. The van der Waals surface area contributed by atoms with Gasteiger partial charge in [0.05, 0.1) is 5.52 Å². The highest BCUT2D eigenvalue weighted by Crippen LogP contribution is 2.42. The molecule has 0 unspecified atom stereocenters. The Hall–Kier alpha value is -5.34. The van der Waals surface area contributed by atoms with Crippen LogP contribution in [0.1, 0.15) is 37.5 Å². The fraction of sp³-hybridized carbons (Fsp3) is 0.0952. The third kappa shape index (κ3) is 5.43. The molecule has 1 aromatic heterocycles. The Bertz CT molecular complexity index is 2060. The lowest BCUT2D eigenvalue weighted by atomic mass is 9.87. The number of nitrogens with zero attached hydrogens (tertiary/aromatic N) is 1. The lowest BCUT2D eigenvalue weighted by molar-refractivity contribution is 0.590. The number of benzene rings is 6.